The van der Waals surface area contributed by atoms with Crippen LogP contribution in [0, 0.1) is 0 Å². The van der Waals surface area contributed by atoms with Crippen LogP contribution >= 0.6 is 36.4 Å². The lowest BCUT2D eigenvalue weighted by atomic mass is 10.2. The van der Waals surface area contributed by atoms with Crippen LogP contribution in [0.25, 0.3) is 16.7 Å². The molecule has 0 aliphatic heterocycles. The van der Waals surface area contributed by atoms with E-state index < -0.39 is 0 Å². The second-order valence-electron chi connectivity index (χ2n) is 5.90. The molecule has 0 radical (unpaired) electrons. The second-order valence-corrected chi connectivity index (χ2v) is 6.33. The van der Waals surface area contributed by atoms with E-state index in [1.165, 1.54) is 0 Å². The van der Waals surface area contributed by atoms with Gasteiger partial charge in [0.25, 0.3) is 5.56 Å². The lowest BCUT2D eigenvalue weighted by molar-refractivity contribution is 0.276. The van der Waals surface area contributed by atoms with Crippen LogP contribution in [0.4, 0.5) is 5.82 Å². The van der Waals surface area contributed by atoms with Crippen molar-refractivity contribution < 1.29 is 0 Å². The SMILES string of the molecule is CCN(CC)N(CC)c1nc2ccccc2n(-c2ccc(Cl)cc2)c1=O.Cl.Cl. The number of benzene rings is 2. The summed E-state index contributed by atoms with van der Waals surface area (Å²) in [4.78, 5) is 18.1. The van der Waals surface area contributed by atoms with Gasteiger partial charge in [0.05, 0.1) is 11.0 Å². The van der Waals surface area contributed by atoms with Gasteiger partial charge in [0.1, 0.15) is 0 Å². The Labute approximate surface area is 182 Å². The maximum absolute atomic E-state index is 13.4. The number of rotatable bonds is 6. The standard InChI is InChI=1S/C20H23ClN4O.2ClH/c1-4-23(5-2)24(6-3)19-20(26)25(16-13-11-15(21)12-14-16)18-10-8-7-9-17(18)22-19;;/h7-14H,4-6H2,1-3H3;2*1H. The number of hydrazine groups is 1. The Balaban J connectivity index is 0.00000196. The van der Waals surface area contributed by atoms with Crippen molar-refractivity contribution in [2.45, 2.75) is 20.8 Å². The molecule has 3 rings (SSSR count). The molecule has 28 heavy (non-hydrogen) atoms. The van der Waals surface area contributed by atoms with Gasteiger partial charge < -0.3 is 0 Å². The van der Waals surface area contributed by atoms with Crippen LogP contribution in [0.3, 0.4) is 0 Å². The minimum absolute atomic E-state index is 0. The molecule has 0 spiro atoms. The lowest BCUT2D eigenvalue weighted by Crippen LogP contribution is -2.46. The van der Waals surface area contributed by atoms with Crippen molar-refractivity contribution >= 4 is 53.3 Å². The van der Waals surface area contributed by atoms with Crippen molar-refractivity contribution in [1.82, 2.24) is 14.6 Å². The highest BCUT2D eigenvalue weighted by Gasteiger charge is 2.20. The van der Waals surface area contributed by atoms with E-state index in [2.05, 4.69) is 18.9 Å². The van der Waals surface area contributed by atoms with E-state index in [1.807, 2.05) is 48.3 Å². The topological polar surface area (TPSA) is 41.4 Å². The molecule has 8 heteroatoms. The molecule has 0 saturated carbocycles. The average molecular weight is 444 g/mol. The summed E-state index contributed by atoms with van der Waals surface area (Å²) in [7, 11) is 0. The molecule has 3 aromatic rings. The lowest BCUT2D eigenvalue weighted by Gasteiger charge is -2.33. The number of halogens is 3. The maximum atomic E-state index is 13.4. The zero-order valence-corrected chi connectivity index (χ0v) is 18.5. The van der Waals surface area contributed by atoms with Crippen molar-refractivity contribution in [2.24, 2.45) is 0 Å². The summed E-state index contributed by atoms with van der Waals surface area (Å²) in [6.07, 6.45) is 0. The van der Waals surface area contributed by atoms with E-state index >= 15 is 0 Å². The molecule has 0 aliphatic carbocycles. The van der Waals surface area contributed by atoms with Gasteiger partial charge in [0.2, 0.25) is 5.82 Å². The van der Waals surface area contributed by atoms with Crippen molar-refractivity contribution in [1.29, 1.82) is 0 Å². The molecule has 5 nitrogen and oxygen atoms in total. The van der Waals surface area contributed by atoms with Gasteiger partial charge >= 0.3 is 0 Å². The van der Waals surface area contributed by atoms with E-state index in [0.717, 1.165) is 29.8 Å². The van der Waals surface area contributed by atoms with Crippen molar-refractivity contribution in [3.8, 4) is 5.69 Å². The van der Waals surface area contributed by atoms with Crippen LogP contribution < -0.4 is 10.6 Å². The molecular weight excluding hydrogens is 419 g/mol. The highest BCUT2D eigenvalue weighted by molar-refractivity contribution is 6.30. The molecule has 0 aliphatic rings. The zero-order chi connectivity index (χ0) is 18.7. The Morgan fingerprint density at radius 2 is 1.54 bits per heavy atom. The van der Waals surface area contributed by atoms with E-state index in [9.17, 15) is 4.79 Å². The predicted octanol–water partition coefficient (Wildman–Crippen LogP) is 4.97. The molecule has 0 atom stereocenters. The number of anilines is 1. The van der Waals surface area contributed by atoms with Gasteiger partial charge in [0.15, 0.2) is 0 Å². The molecule has 0 N–H and O–H groups in total. The van der Waals surface area contributed by atoms with Crippen LogP contribution in [-0.4, -0.2) is 34.2 Å². The third-order valence-corrected chi connectivity index (χ3v) is 4.70. The minimum atomic E-state index is -0.139. The first-order valence-electron chi connectivity index (χ1n) is 8.90. The van der Waals surface area contributed by atoms with E-state index in [0.29, 0.717) is 17.4 Å². The minimum Gasteiger partial charge on any atom is -0.285 e. The first-order valence-corrected chi connectivity index (χ1v) is 9.28. The summed E-state index contributed by atoms with van der Waals surface area (Å²) < 4.78 is 1.71. The Morgan fingerprint density at radius 3 is 2.11 bits per heavy atom. The van der Waals surface area contributed by atoms with Gasteiger partial charge in [-0.05, 0) is 43.3 Å². The third-order valence-electron chi connectivity index (χ3n) is 4.44. The van der Waals surface area contributed by atoms with Crippen LogP contribution in [-0.2, 0) is 0 Å². The van der Waals surface area contributed by atoms with Crippen molar-refractivity contribution in [2.75, 3.05) is 24.6 Å². The number of para-hydroxylation sites is 2. The van der Waals surface area contributed by atoms with Crippen molar-refractivity contribution in [3.63, 3.8) is 0 Å². The molecule has 1 aromatic heterocycles. The quantitative estimate of drug-likeness (QED) is 0.505. The molecular formula is C20H25Cl3N4O. The summed E-state index contributed by atoms with van der Waals surface area (Å²) in [6.45, 7) is 8.46. The summed E-state index contributed by atoms with van der Waals surface area (Å²) in [5, 5.41) is 4.71. The normalized spacial score (nSPS) is 10.5. The first kappa shape index (κ1) is 24.2. The van der Waals surface area contributed by atoms with Crippen LogP contribution in [0.5, 0.6) is 0 Å². The fourth-order valence-electron chi connectivity index (χ4n) is 3.18. The highest BCUT2D eigenvalue weighted by Crippen LogP contribution is 2.20. The summed E-state index contributed by atoms with van der Waals surface area (Å²) in [5.74, 6) is 0.435. The van der Waals surface area contributed by atoms with E-state index in [-0.39, 0.29) is 30.4 Å². The Bertz CT molecular complexity index is 956. The number of nitrogens with zero attached hydrogens (tertiary/aromatic N) is 4. The average Bonchev–Trinajstić information content (AvgIpc) is 2.67. The predicted molar refractivity (Wildman–Crippen MR) is 123 cm³/mol. The maximum Gasteiger partial charge on any atom is 0.299 e. The first-order chi connectivity index (χ1) is 12.6. The highest BCUT2D eigenvalue weighted by atomic mass is 35.5. The van der Waals surface area contributed by atoms with Gasteiger partial charge in [-0.1, -0.05) is 37.6 Å². The van der Waals surface area contributed by atoms with Gasteiger partial charge in [-0.25, -0.2) is 9.99 Å². The molecule has 0 unspecified atom stereocenters. The summed E-state index contributed by atoms with van der Waals surface area (Å²) in [5.41, 5.74) is 2.19. The summed E-state index contributed by atoms with van der Waals surface area (Å²) >= 11 is 6.03. The Kier molecular flexibility index (Phi) is 9.24. The van der Waals surface area contributed by atoms with E-state index in [4.69, 9.17) is 16.6 Å². The van der Waals surface area contributed by atoms with Gasteiger partial charge in [-0.3, -0.25) is 14.4 Å². The number of fused-ring (bicyclic) bond motifs is 1. The smallest absolute Gasteiger partial charge is 0.285 e. The van der Waals surface area contributed by atoms with Gasteiger partial charge in [-0.15, -0.1) is 24.8 Å². The molecule has 1 heterocycles. The van der Waals surface area contributed by atoms with E-state index in [1.54, 1.807) is 16.7 Å². The molecule has 2 aromatic carbocycles. The Hall–Kier alpha value is -1.79. The fraction of sp³-hybridized carbons (Fsp3) is 0.300. The number of aromatic nitrogens is 2. The largest absolute Gasteiger partial charge is 0.299 e. The van der Waals surface area contributed by atoms with Crippen LogP contribution in [0.1, 0.15) is 20.8 Å². The van der Waals surface area contributed by atoms with Gasteiger partial charge in [-0.2, -0.15) is 0 Å². The molecule has 0 fully saturated rings. The molecule has 0 amide bonds. The molecule has 0 bridgehead atoms. The second kappa shape index (κ2) is 10.7. The third kappa shape index (κ3) is 4.61. The fourth-order valence-corrected chi connectivity index (χ4v) is 3.31. The van der Waals surface area contributed by atoms with Gasteiger partial charge in [0, 0.05) is 30.3 Å². The zero-order valence-electron chi connectivity index (χ0n) is 16.1. The summed E-state index contributed by atoms with van der Waals surface area (Å²) in [6, 6.07) is 15.0. The van der Waals surface area contributed by atoms with Crippen LogP contribution in [0.2, 0.25) is 5.02 Å². The molecule has 152 valence electrons. The monoisotopic (exact) mass is 442 g/mol. The Morgan fingerprint density at radius 1 is 0.929 bits per heavy atom. The molecule has 0 saturated heterocycles. The number of hydrogen-bond acceptors (Lipinski definition) is 4. The van der Waals surface area contributed by atoms with Crippen LogP contribution in [0.15, 0.2) is 53.3 Å². The van der Waals surface area contributed by atoms with Crippen molar-refractivity contribution in [3.05, 3.63) is 63.9 Å². The number of hydrogen-bond donors (Lipinski definition) is 0.